The molecule has 2 atom stereocenters. The number of hydrogen-bond donors (Lipinski definition) is 3. The molecule has 0 bridgehead atoms. The molecule has 0 aliphatic heterocycles. The first-order valence-corrected chi connectivity index (χ1v) is 8.66. The molecular weight excluding hydrogens is 286 g/mol. The van der Waals surface area contributed by atoms with Crippen LogP contribution in [0.15, 0.2) is 5.38 Å². The van der Waals surface area contributed by atoms with Crippen molar-refractivity contribution in [1.29, 1.82) is 0 Å². The number of aliphatic hydroxyl groups is 1. The molecule has 1 aromatic rings. The number of rotatable bonds is 6. The van der Waals surface area contributed by atoms with E-state index in [1.165, 1.54) is 5.01 Å². The fourth-order valence-electron chi connectivity index (χ4n) is 2.62. The zero-order valence-electron chi connectivity index (χ0n) is 12.6. The lowest BCUT2D eigenvalue weighted by Gasteiger charge is -2.28. The molecule has 0 aromatic carbocycles. The van der Waals surface area contributed by atoms with Crippen LogP contribution in [0.5, 0.6) is 0 Å². The van der Waals surface area contributed by atoms with Gasteiger partial charge in [0.15, 0.2) is 0 Å². The number of aliphatic hydroxyl groups excluding tert-OH is 1. The molecule has 3 N–H and O–H groups in total. The number of amides is 2. The molecule has 1 saturated carbocycles. The van der Waals surface area contributed by atoms with Crippen molar-refractivity contribution < 1.29 is 9.90 Å². The average molecular weight is 311 g/mol. The molecule has 2 rings (SSSR count). The Kier molecular flexibility index (Phi) is 6.45. The lowest BCUT2D eigenvalue weighted by atomic mass is 9.93. The summed E-state index contributed by atoms with van der Waals surface area (Å²) in [5.41, 5.74) is 1.08. The van der Waals surface area contributed by atoms with Crippen LogP contribution in [0.1, 0.15) is 49.2 Å². The van der Waals surface area contributed by atoms with Gasteiger partial charge in [0.05, 0.1) is 17.2 Å². The van der Waals surface area contributed by atoms with Crippen LogP contribution in [0, 0.1) is 6.92 Å². The summed E-state index contributed by atoms with van der Waals surface area (Å²) in [4.78, 5) is 16.2. The summed E-state index contributed by atoms with van der Waals surface area (Å²) in [5.74, 6) is 0. The molecule has 2 unspecified atom stereocenters. The van der Waals surface area contributed by atoms with Gasteiger partial charge in [-0.2, -0.15) is 0 Å². The summed E-state index contributed by atoms with van der Waals surface area (Å²) in [7, 11) is 0. The van der Waals surface area contributed by atoms with E-state index in [9.17, 15) is 9.90 Å². The van der Waals surface area contributed by atoms with Crippen molar-refractivity contribution in [3.63, 3.8) is 0 Å². The van der Waals surface area contributed by atoms with Crippen LogP contribution in [0.25, 0.3) is 0 Å². The van der Waals surface area contributed by atoms with E-state index in [1.54, 1.807) is 11.3 Å². The monoisotopic (exact) mass is 311 g/mol. The SMILES string of the molecule is Cc1csc(CCCCNC(=O)NC2CCCCC2O)n1. The van der Waals surface area contributed by atoms with E-state index in [2.05, 4.69) is 21.0 Å². The quantitative estimate of drug-likeness (QED) is 0.706. The Balaban J connectivity index is 1.54. The van der Waals surface area contributed by atoms with Gasteiger partial charge in [-0.05, 0) is 39.0 Å². The van der Waals surface area contributed by atoms with Crippen molar-refractivity contribution in [2.45, 2.75) is 64.0 Å². The number of carbonyl (C=O) groups is 1. The van der Waals surface area contributed by atoms with Gasteiger partial charge in [0.2, 0.25) is 0 Å². The predicted molar refractivity (Wildman–Crippen MR) is 84.6 cm³/mol. The molecule has 1 heterocycles. The van der Waals surface area contributed by atoms with E-state index in [0.29, 0.717) is 6.54 Å². The number of nitrogens with zero attached hydrogens (tertiary/aromatic N) is 1. The zero-order valence-corrected chi connectivity index (χ0v) is 13.4. The van der Waals surface area contributed by atoms with Gasteiger partial charge in [-0.3, -0.25) is 0 Å². The number of urea groups is 1. The Morgan fingerprint density at radius 2 is 2.24 bits per heavy atom. The van der Waals surface area contributed by atoms with Gasteiger partial charge >= 0.3 is 6.03 Å². The molecule has 0 radical (unpaired) electrons. The van der Waals surface area contributed by atoms with Crippen LogP contribution in [0.4, 0.5) is 4.79 Å². The molecule has 1 aliphatic rings. The first-order chi connectivity index (χ1) is 10.1. The lowest BCUT2D eigenvalue weighted by molar-refractivity contribution is 0.0943. The first-order valence-electron chi connectivity index (χ1n) is 7.78. The van der Waals surface area contributed by atoms with Gasteiger partial charge in [-0.1, -0.05) is 12.8 Å². The van der Waals surface area contributed by atoms with Crippen LogP contribution in [-0.4, -0.2) is 34.8 Å². The van der Waals surface area contributed by atoms with Crippen molar-refractivity contribution in [2.75, 3.05) is 6.54 Å². The summed E-state index contributed by atoms with van der Waals surface area (Å²) < 4.78 is 0. The van der Waals surface area contributed by atoms with Gasteiger partial charge in [0.1, 0.15) is 0 Å². The van der Waals surface area contributed by atoms with Gasteiger partial charge in [0.25, 0.3) is 0 Å². The molecule has 0 saturated heterocycles. The van der Waals surface area contributed by atoms with E-state index in [0.717, 1.165) is 50.6 Å². The van der Waals surface area contributed by atoms with Crippen molar-refractivity contribution in [3.05, 3.63) is 16.1 Å². The van der Waals surface area contributed by atoms with E-state index in [1.807, 2.05) is 6.92 Å². The number of hydrogen-bond acceptors (Lipinski definition) is 4. The maximum Gasteiger partial charge on any atom is 0.315 e. The third-order valence-corrected chi connectivity index (χ3v) is 4.84. The second-order valence-corrected chi connectivity index (χ2v) is 6.64. The number of aromatic nitrogens is 1. The Morgan fingerprint density at radius 1 is 1.43 bits per heavy atom. The molecule has 21 heavy (non-hydrogen) atoms. The molecule has 5 nitrogen and oxygen atoms in total. The topological polar surface area (TPSA) is 74.2 Å². The van der Waals surface area contributed by atoms with Gasteiger partial charge in [-0.25, -0.2) is 9.78 Å². The lowest BCUT2D eigenvalue weighted by Crippen LogP contribution is -2.49. The van der Waals surface area contributed by atoms with Crippen LogP contribution in [0.2, 0.25) is 0 Å². The first kappa shape index (κ1) is 16.2. The zero-order chi connectivity index (χ0) is 15.1. The Labute approximate surface area is 130 Å². The maximum atomic E-state index is 11.7. The minimum absolute atomic E-state index is 0.0861. The van der Waals surface area contributed by atoms with Gasteiger partial charge in [-0.15, -0.1) is 11.3 Å². The predicted octanol–water partition coefficient (Wildman–Crippen LogP) is 2.38. The minimum atomic E-state index is -0.391. The molecule has 1 fully saturated rings. The second kappa shape index (κ2) is 8.34. The van der Waals surface area contributed by atoms with Crippen molar-refractivity contribution in [2.24, 2.45) is 0 Å². The average Bonchev–Trinajstić information content (AvgIpc) is 2.87. The third kappa shape index (κ3) is 5.63. The van der Waals surface area contributed by atoms with E-state index < -0.39 is 6.10 Å². The minimum Gasteiger partial charge on any atom is -0.391 e. The van der Waals surface area contributed by atoms with Crippen molar-refractivity contribution in [3.8, 4) is 0 Å². The van der Waals surface area contributed by atoms with Gasteiger partial charge < -0.3 is 15.7 Å². The number of carbonyl (C=O) groups excluding carboxylic acids is 1. The summed E-state index contributed by atoms with van der Waals surface area (Å²) in [6.45, 7) is 2.67. The number of aryl methyl sites for hydroxylation is 2. The van der Waals surface area contributed by atoms with Gasteiger partial charge in [0, 0.05) is 17.6 Å². The highest BCUT2D eigenvalue weighted by atomic mass is 32.1. The molecular formula is C15H25N3O2S. The smallest absolute Gasteiger partial charge is 0.315 e. The van der Waals surface area contributed by atoms with Crippen LogP contribution in [-0.2, 0) is 6.42 Å². The molecule has 6 heteroatoms. The second-order valence-electron chi connectivity index (χ2n) is 5.70. The fourth-order valence-corrected chi connectivity index (χ4v) is 3.44. The molecule has 1 aromatic heterocycles. The third-order valence-electron chi connectivity index (χ3n) is 3.82. The summed E-state index contributed by atoms with van der Waals surface area (Å²) in [6.07, 6.45) is 6.35. The van der Waals surface area contributed by atoms with E-state index in [-0.39, 0.29) is 12.1 Å². The number of thiazole rings is 1. The molecule has 118 valence electrons. The summed E-state index contributed by atoms with van der Waals surface area (Å²) in [5, 5.41) is 18.8. The fraction of sp³-hybridized carbons (Fsp3) is 0.733. The van der Waals surface area contributed by atoms with Crippen LogP contribution >= 0.6 is 11.3 Å². The summed E-state index contributed by atoms with van der Waals surface area (Å²) >= 11 is 1.70. The Morgan fingerprint density at radius 3 is 2.95 bits per heavy atom. The molecule has 1 aliphatic carbocycles. The maximum absolute atomic E-state index is 11.7. The van der Waals surface area contributed by atoms with Crippen molar-refractivity contribution >= 4 is 17.4 Å². The highest BCUT2D eigenvalue weighted by molar-refractivity contribution is 7.09. The number of unbranched alkanes of at least 4 members (excludes halogenated alkanes) is 1. The van der Waals surface area contributed by atoms with E-state index in [4.69, 9.17) is 0 Å². The van der Waals surface area contributed by atoms with Crippen LogP contribution in [0.3, 0.4) is 0 Å². The molecule has 0 spiro atoms. The highest BCUT2D eigenvalue weighted by Crippen LogP contribution is 2.18. The van der Waals surface area contributed by atoms with Crippen LogP contribution < -0.4 is 10.6 Å². The normalized spacial score (nSPS) is 22.0. The standard InChI is InChI=1S/C15H25N3O2S/c1-11-10-21-14(17-11)8-4-5-9-16-15(20)18-12-6-2-3-7-13(12)19/h10,12-13,19H,2-9H2,1H3,(H2,16,18,20). The molecule has 2 amide bonds. The summed E-state index contributed by atoms with van der Waals surface area (Å²) in [6, 6.07) is -0.247. The largest absolute Gasteiger partial charge is 0.391 e. The van der Waals surface area contributed by atoms with E-state index >= 15 is 0 Å². The Bertz CT molecular complexity index is 450. The highest BCUT2D eigenvalue weighted by Gasteiger charge is 2.24. The van der Waals surface area contributed by atoms with Crippen molar-refractivity contribution in [1.82, 2.24) is 15.6 Å². The Hall–Kier alpha value is -1.14. The number of nitrogens with one attached hydrogen (secondary N) is 2.